The van der Waals surface area contributed by atoms with Gasteiger partial charge < -0.3 is 10.6 Å². The van der Waals surface area contributed by atoms with E-state index < -0.39 is 0 Å². The molecule has 0 atom stereocenters. The molecule has 0 saturated heterocycles. The fourth-order valence-electron chi connectivity index (χ4n) is 2.36. The van der Waals surface area contributed by atoms with Crippen LogP contribution in [0.2, 0.25) is 0 Å². The van der Waals surface area contributed by atoms with Crippen molar-refractivity contribution in [2.45, 2.75) is 47.1 Å². The first-order valence-corrected chi connectivity index (χ1v) is 9.47. The van der Waals surface area contributed by atoms with Gasteiger partial charge in [0.2, 0.25) is 0 Å². The van der Waals surface area contributed by atoms with Crippen LogP contribution in [-0.4, -0.2) is 24.0 Å². The van der Waals surface area contributed by atoms with E-state index in [1.165, 1.54) is 16.0 Å². The van der Waals surface area contributed by atoms with Crippen LogP contribution in [0.5, 0.6) is 0 Å². The molecular weight excluding hydrogens is 443 g/mol. The average molecular weight is 472 g/mol. The zero-order chi connectivity index (χ0) is 17.4. The Kier molecular flexibility index (Phi) is 10.0. The summed E-state index contributed by atoms with van der Waals surface area (Å²) in [5.74, 6) is 0.855. The monoisotopic (exact) mass is 472 g/mol. The summed E-state index contributed by atoms with van der Waals surface area (Å²) in [6.45, 7) is 10.8. The van der Waals surface area contributed by atoms with Gasteiger partial charge in [-0.05, 0) is 44.7 Å². The first-order chi connectivity index (χ1) is 11.6. The van der Waals surface area contributed by atoms with E-state index in [0.717, 1.165) is 42.6 Å². The van der Waals surface area contributed by atoms with Gasteiger partial charge in [-0.3, -0.25) is 0 Å². The van der Waals surface area contributed by atoms with Crippen LogP contribution in [-0.2, 0) is 19.4 Å². The molecule has 0 bridgehead atoms. The Morgan fingerprint density at radius 3 is 2.32 bits per heavy atom. The molecule has 0 aliphatic heterocycles. The second-order valence-corrected chi connectivity index (χ2v) is 7.08. The summed E-state index contributed by atoms with van der Waals surface area (Å²) in [6, 6.07) is 8.85. The van der Waals surface area contributed by atoms with Crippen LogP contribution in [0.15, 0.2) is 29.3 Å². The second kappa shape index (κ2) is 11.5. The Morgan fingerprint density at radius 1 is 1.08 bits per heavy atom. The third-order valence-corrected chi connectivity index (χ3v) is 4.98. The number of hydrogen-bond donors (Lipinski definition) is 2. The van der Waals surface area contributed by atoms with E-state index in [4.69, 9.17) is 0 Å². The van der Waals surface area contributed by atoms with Crippen LogP contribution in [0.4, 0.5) is 0 Å². The fraction of sp³-hybridized carbons (Fsp3) is 0.474. The third kappa shape index (κ3) is 7.32. The van der Waals surface area contributed by atoms with E-state index in [-0.39, 0.29) is 24.0 Å². The minimum Gasteiger partial charge on any atom is -0.357 e. The van der Waals surface area contributed by atoms with E-state index in [2.05, 4.69) is 65.6 Å². The number of hydrogen-bond acceptors (Lipinski definition) is 3. The lowest BCUT2D eigenvalue weighted by Gasteiger charge is -2.11. The predicted molar refractivity (Wildman–Crippen MR) is 119 cm³/mol. The molecule has 1 aromatic carbocycles. The lowest BCUT2D eigenvalue weighted by Crippen LogP contribution is -2.38. The van der Waals surface area contributed by atoms with Crippen molar-refractivity contribution >= 4 is 41.3 Å². The van der Waals surface area contributed by atoms with Crippen LogP contribution >= 0.6 is 35.3 Å². The number of thiazole rings is 1. The number of nitrogens with zero attached hydrogens (tertiary/aromatic N) is 2. The fourth-order valence-corrected chi connectivity index (χ4v) is 3.22. The summed E-state index contributed by atoms with van der Waals surface area (Å²) in [7, 11) is 0. The molecule has 0 unspecified atom stereocenters. The van der Waals surface area contributed by atoms with Crippen molar-refractivity contribution in [2.24, 2.45) is 4.99 Å². The van der Waals surface area contributed by atoms with E-state index >= 15 is 0 Å². The molecule has 2 aromatic rings. The van der Waals surface area contributed by atoms with E-state index in [0.29, 0.717) is 6.54 Å². The summed E-state index contributed by atoms with van der Waals surface area (Å²) in [5.41, 5.74) is 3.84. The highest BCUT2D eigenvalue weighted by atomic mass is 127. The molecular formula is C19H29IN4S. The minimum atomic E-state index is 0. The highest BCUT2D eigenvalue weighted by Gasteiger charge is 2.04. The normalized spacial score (nSPS) is 11.1. The minimum absolute atomic E-state index is 0. The van der Waals surface area contributed by atoms with Crippen molar-refractivity contribution < 1.29 is 0 Å². The molecule has 2 rings (SSSR count). The Bertz CT molecular complexity index is 645. The summed E-state index contributed by atoms with van der Waals surface area (Å²) < 4.78 is 0. The number of halogens is 1. The van der Waals surface area contributed by atoms with Gasteiger partial charge in [0.05, 0.1) is 12.2 Å². The highest BCUT2D eigenvalue weighted by molar-refractivity contribution is 14.0. The molecule has 25 heavy (non-hydrogen) atoms. The maximum absolute atomic E-state index is 4.64. The number of aryl methyl sites for hydroxylation is 3. The average Bonchev–Trinajstić information content (AvgIpc) is 2.91. The molecule has 0 fully saturated rings. The maximum Gasteiger partial charge on any atom is 0.191 e. The first kappa shape index (κ1) is 21.9. The van der Waals surface area contributed by atoms with Gasteiger partial charge in [-0.1, -0.05) is 31.2 Å². The molecule has 0 saturated carbocycles. The lowest BCUT2D eigenvalue weighted by atomic mass is 10.1. The standard InChI is InChI=1S/C19H28N4S.HI/c1-5-16-7-9-17(10-8-16)11-12-21-19(20-6-2)22-13-18-23-14(3)15(4)24-18;/h7-10H,5-6,11-13H2,1-4H3,(H2,20,21,22);1H. The molecule has 2 N–H and O–H groups in total. The Balaban J connectivity index is 0.00000312. The summed E-state index contributed by atoms with van der Waals surface area (Å²) in [4.78, 5) is 10.5. The highest BCUT2D eigenvalue weighted by Crippen LogP contribution is 2.16. The van der Waals surface area contributed by atoms with Crippen LogP contribution in [0.25, 0.3) is 0 Å². The van der Waals surface area contributed by atoms with Crippen molar-refractivity contribution in [1.82, 2.24) is 15.6 Å². The number of nitrogens with one attached hydrogen (secondary N) is 2. The van der Waals surface area contributed by atoms with Crippen molar-refractivity contribution in [3.05, 3.63) is 51.0 Å². The Morgan fingerprint density at radius 2 is 1.76 bits per heavy atom. The molecule has 1 aromatic heterocycles. The Labute approximate surface area is 172 Å². The number of benzene rings is 1. The molecule has 0 amide bonds. The lowest BCUT2D eigenvalue weighted by molar-refractivity contribution is 0.798. The van der Waals surface area contributed by atoms with Crippen LogP contribution < -0.4 is 10.6 Å². The topological polar surface area (TPSA) is 49.3 Å². The van der Waals surface area contributed by atoms with Crippen molar-refractivity contribution in [1.29, 1.82) is 0 Å². The number of aromatic nitrogens is 1. The third-order valence-electron chi connectivity index (χ3n) is 3.93. The van der Waals surface area contributed by atoms with E-state index in [9.17, 15) is 0 Å². The van der Waals surface area contributed by atoms with Crippen molar-refractivity contribution in [3.8, 4) is 0 Å². The van der Waals surface area contributed by atoms with Gasteiger partial charge in [0.15, 0.2) is 5.96 Å². The zero-order valence-electron chi connectivity index (χ0n) is 15.6. The van der Waals surface area contributed by atoms with Crippen LogP contribution in [0.1, 0.15) is 40.6 Å². The van der Waals surface area contributed by atoms with Crippen LogP contribution in [0, 0.1) is 13.8 Å². The van der Waals surface area contributed by atoms with Gasteiger partial charge in [-0.25, -0.2) is 9.98 Å². The van der Waals surface area contributed by atoms with Crippen LogP contribution in [0.3, 0.4) is 0 Å². The molecule has 138 valence electrons. The number of rotatable bonds is 7. The smallest absolute Gasteiger partial charge is 0.191 e. The molecule has 1 heterocycles. The number of guanidine groups is 1. The summed E-state index contributed by atoms with van der Waals surface area (Å²) >= 11 is 1.72. The zero-order valence-corrected chi connectivity index (χ0v) is 18.7. The van der Waals surface area contributed by atoms with Gasteiger partial charge in [-0.2, -0.15) is 0 Å². The number of aliphatic imine (C=N–C) groups is 1. The molecule has 0 radical (unpaired) electrons. The van der Waals surface area contributed by atoms with Gasteiger partial charge >= 0.3 is 0 Å². The second-order valence-electron chi connectivity index (χ2n) is 5.79. The molecule has 0 aliphatic carbocycles. The summed E-state index contributed by atoms with van der Waals surface area (Å²) in [6.07, 6.45) is 2.08. The molecule has 0 aliphatic rings. The van der Waals surface area contributed by atoms with E-state index in [1.807, 2.05) is 6.92 Å². The van der Waals surface area contributed by atoms with Gasteiger partial charge in [0, 0.05) is 18.0 Å². The summed E-state index contributed by atoms with van der Waals surface area (Å²) in [5, 5.41) is 7.77. The SMILES string of the molecule is CCNC(=NCc1nc(C)c(C)s1)NCCc1ccc(CC)cc1.I. The molecule has 6 heteroatoms. The molecule has 4 nitrogen and oxygen atoms in total. The molecule has 0 spiro atoms. The largest absolute Gasteiger partial charge is 0.357 e. The van der Waals surface area contributed by atoms with Crippen molar-refractivity contribution in [3.63, 3.8) is 0 Å². The van der Waals surface area contributed by atoms with E-state index in [1.54, 1.807) is 11.3 Å². The van der Waals surface area contributed by atoms with Crippen molar-refractivity contribution in [2.75, 3.05) is 13.1 Å². The first-order valence-electron chi connectivity index (χ1n) is 8.65. The predicted octanol–water partition coefficient (Wildman–Crippen LogP) is 4.24. The van der Waals surface area contributed by atoms with Gasteiger partial charge in [0.1, 0.15) is 5.01 Å². The Hall–Kier alpha value is -1.15. The quantitative estimate of drug-likeness (QED) is 0.360. The van der Waals surface area contributed by atoms with Gasteiger partial charge in [0.25, 0.3) is 0 Å². The maximum atomic E-state index is 4.64. The van der Waals surface area contributed by atoms with Gasteiger partial charge in [-0.15, -0.1) is 35.3 Å².